The third kappa shape index (κ3) is 17.6. The van der Waals surface area contributed by atoms with Crippen molar-refractivity contribution in [2.24, 2.45) is 36.3 Å². The van der Waals surface area contributed by atoms with Gasteiger partial charge in [-0.15, -0.1) is 22.7 Å². The van der Waals surface area contributed by atoms with Crippen LogP contribution in [0.15, 0.2) is 197 Å². The predicted octanol–water partition coefficient (Wildman–Crippen LogP) is 18.9. The minimum absolute atomic E-state index is 0.00798. The second-order valence-corrected chi connectivity index (χ2v) is 44.7. The summed E-state index contributed by atoms with van der Waals surface area (Å²) in [5, 5.41) is 26.2. The standard InChI is InChI=1S/C33H31F4N5O2S.C31H30F4N6O2S2.C30H26F6N6O2S2/c1-40-15-14-30(39-40)45(2,44)42(27-12-13-27)28-9-6-23-17-29-22(20-38-41(29)26-10-7-25(34)8-11-26)18-32(23,19-28)31(43)21-4-3-5-24(16-21)33(35,36)37;1-39-12-11-27(38-39)45(2,43)40(18-19-3-4-19)24-8-5-21-13-25-20(16-37-41(25)23-9-6-22(32)7-10-23)14-30(21,15-24)28(42)29-36-17-26(44-29)31(33,34)35;1-46(44,23-14-38-40(16-23)28(32)33)42(21-8-9-21)22-5-2-18-10-24-17(13-39-41(24)20-6-3-19(31)4-7-20)11-29(18,12-22)26(43)27-37-15-25(45-27)30(34,35)36/h3-5,7-8,10-11,14-17,20,27-28H,2,6,9,12-13,18-19H2,1H3;6-7,9-13,16-17,19,24H,2-5,8,14-15,18H2,1H3;3-4,6-7,10,13-16,21-22,28H,1-2,5,8-9,11-12H2/t28-,32-,45?;24-,30-,45?;22-,29-,46?/m000/s1. The van der Waals surface area contributed by atoms with Gasteiger partial charge in [0.1, 0.15) is 27.2 Å². The predicted molar refractivity (Wildman–Crippen MR) is 484 cm³/mol. The van der Waals surface area contributed by atoms with E-state index in [0.717, 1.165) is 83.9 Å². The summed E-state index contributed by atoms with van der Waals surface area (Å²) in [5.41, 5.74) is 3.71. The zero-order valence-electron chi connectivity index (χ0n) is 72.8. The van der Waals surface area contributed by atoms with Crippen LogP contribution in [0.1, 0.15) is 182 Å². The van der Waals surface area contributed by atoms with Crippen molar-refractivity contribution in [3.63, 3.8) is 0 Å². The van der Waals surface area contributed by atoms with Gasteiger partial charge in [0.25, 0.3) is 0 Å². The van der Waals surface area contributed by atoms with E-state index in [4.69, 9.17) is 0 Å². The highest BCUT2D eigenvalue weighted by atomic mass is 32.2. The van der Waals surface area contributed by atoms with Crippen LogP contribution < -0.4 is 0 Å². The number of carbonyl (C=O) groups excluding carboxylic acids is 3. The summed E-state index contributed by atoms with van der Waals surface area (Å²) in [6.45, 7) is -2.41. The van der Waals surface area contributed by atoms with Gasteiger partial charge in [-0.25, -0.2) is 67.4 Å². The number of ketones is 3. The number of halogens is 14. The largest absolute Gasteiger partial charge is 0.427 e. The number of benzene rings is 4. The molecule has 0 amide bonds. The second kappa shape index (κ2) is 34.9. The number of hydrogen-bond donors (Lipinski definition) is 0. The maximum atomic E-state index is 14.6. The van der Waals surface area contributed by atoms with E-state index in [1.54, 1.807) is 121 Å². The van der Waals surface area contributed by atoms with E-state index < -0.39 is 115 Å². The normalized spacial score (nSPS) is 22.8. The van der Waals surface area contributed by atoms with Crippen LogP contribution in [0.2, 0.25) is 0 Å². The fourth-order valence-electron chi connectivity index (χ4n) is 20.2. The molecule has 12 aromatic rings. The first kappa shape index (κ1) is 93.6. The molecule has 136 heavy (non-hydrogen) atoms. The third-order valence-corrected chi connectivity index (χ3v) is 35.7. The van der Waals surface area contributed by atoms with E-state index in [-0.39, 0.29) is 106 Å². The van der Waals surface area contributed by atoms with E-state index in [1.165, 1.54) is 48.5 Å². The first-order chi connectivity index (χ1) is 64.5. The minimum Gasteiger partial charge on any atom is -0.293 e. The van der Waals surface area contributed by atoms with Crippen molar-refractivity contribution in [2.45, 2.75) is 186 Å². The van der Waals surface area contributed by atoms with E-state index in [2.05, 4.69) is 58.2 Å². The van der Waals surface area contributed by atoms with Crippen molar-refractivity contribution < 1.29 is 88.5 Å². The van der Waals surface area contributed by atoms with E-state index >= 15 is 0 Å². The Hall–Kier alpha value is -11.4. The van der Waals surface area contributed by atoms with Gasteiger partial charge in [-0.3, -0.25) is 23.7 Å². The molecule has 0 bridgehead atoms. The van der Waals surface area contributed by atoms with Gasteiger partial charge in [-0.05, 0) is 271 Å². The molecule has 0 N–H and O–H groups in total. The lowest BCUT2D eigenvalue weighted by Crippen LogP contribution is -2.51. The van der Waals surface area contributed by atoms with Crippen LogP contribution in [0.3, 0.4) is 0 Å². The molecule has 9 atom stereocenters. The lowest BCUT2D eigenvalue weighted by atomic mass is 9.60. The molecule has 8 heterocycles. The maximum Gasteiger partial charge on any atom is 0.427 e. The molecule has 6 fully saturated rings. The Labute approximate surface area is 779 Å². The number of thiazole rings is 2. The molecular weight excluding hydrogens is 1890 g/mol. The highest BCUT2D eigenvalue weighted by Crippen LogP contribution is 2.58. The zero-order valence-corrected chi connectivity index (χ0v) is 76.9. The summed E-state index contributed by atoms with van der Waals surface area (Å²) < 4.78 is 247. The topological polar surface area (TPSA) is 245 Å². The number of alkyl halides is 11. The van der Waals surface area contributed by atoms with Gasteiger partial charge < -0.3 is 0 Å². The van der Waals surface area contributed by atoms with Crippen LogP contribution in [0, 0.1) is 39.6 Å². The molecule has 23 nitrogen and oxygen atoms in total. The highest BCUT2D eigenvalue weighted by Gasteiger charge is 2.58. The lowest BCUT2D eigenvalue weighted by Gasteiger charge is -2.47. The van der Waals surface area contributed by atoms with Crippen LogP contribution >= 0.6 is 22.7 Å². The SMILES string of the molecule is C=S(=O)(c1ccn(C)n1)N(C1CC1)[C@H]1CCC2=Cc3c(cnn3-c3ccc(F)cc3)C[C@]2(C(=O)c2cccc(C(F)(F)F)c2)C1.C=S(=O)(c1ccn(C)n1)N(CC1CC1)[C@H]1CCC2=Cc3c(cnn3-c3ccc(F)cc3)C[C@]2(C(=O)c2ncc(C(F)(F)F)s2)C1.C=S(=O)(c1cnn(C(F)F)c1)N(C1CC1)[C@H]1CCC2=Cc3c(cnn3-c3ccc(F)cc3)C[C@]2(C(=O)c2ncc(C(F)(F)F)s2)C1. The number of fused-ring (bicyclic) bond motifs is 6. The van der Waals surface area contributed by atoms with Crippen LogP contribution in [0.4, 0.5) is 61.5 Å². The highest BCUT2D eigenvalue weighted by molar-refractivity contribution is 7.98. The molecule has 9 aliphatic rings. The first-order valence-corrected chi connectivity index (χ1v) is 50.4. The van der Waals surface area contributed by atoms with E-state index in [1.807, 2.05) is 26.8 Å². The summed E-state index contributed by atoms with van der Waals surface area (Å²) in [6.07, 6.45) is 12.4. The summed E-state index contributed by atoms with van der Waals surface area (Å²) in [4.78, 5) is 49.5. The molecule has 4 aromatic carbocycles. The molecule has 3 unspecified atom stereocenters. The molecule has 712 valence electrons. The lowest BCUT2D eigenvalue weighted by molar-refractivity contribution is -0.137. The Morgan fingerprint density at radius 2 is 0.868 bits per heavy atom. The van der Waals surface area contributed by atoms with Crippen molar-refractivity contribution in [1.82, 2.24) is 81.6 Å². The maximum absolute atomic E-state index is 14.6. The number of nitrogens with zero attached hydrogens (tertiary/aromatic N) is 17. The fraction of sp³-hybridized carbons (Fsp3) is 0.362. The van der Waals surface area contributed by atoms with E-state index in [9.17, 15) is 88.5 Å². The Morgan fingerprint density at radius 1 is 0.471 bits per heavy atom. The van der Waals surface area contributed by atoms with E-state index in [0.29, 0.717) is 136 Å². The Balaban J connectivity index is 0.000000131. The first-order valence-electron chi connectivity index (χ1n) is 43.8. The van der Waals surface area contributed by atoms with Gasteiger partial charge >= 0.3 is 25.1 Å². The third-order valence-electron chi connectivity index (χ3n) is 27.1. The second-order valence-electron chi connectivity index (χ2n) is 36.2. The van der Waals surface area contributed by atoms with Crippen molar-refractivity contribution >= 4 is 105 Å². The van der Waals surface area contributed by atoms with Crippen LogP contribution in [-0.2, 0) is 81.0 Å². The summed E-state index contributed by atoms with van der Waals surface area (Å²) in [5.74, 6) is 9.96. The number of aromatic nitrogens is 14. The van der Waals surface area contributed by atoms with Gasteiger partial charge in [-0.2, -0.15) is 78.9 Å². The molecular formula is C94H87F14N17O6S5. The quantitative estimate of drug-likeness (QED) is 0.0328. The fourth-order valence-corrected chi connectivity index (χ4v) is 27.9. The van der Waals surface area contributed by atoms with Crippen LogP contribution in [-0.4, -0.2) is 166 Å². The van der Waals surface area contributed by atoms with Crippen molar-refractivity contribution in [1.29, 1.82) is 0 Å². The summed E-state index contributed by atoms with van der Waals surface area (Å²) >= 11 is 0.627. The van der Waals surface area contributed by atoms with Crippen molar-refractivity contribution in [3.05, 3.63) is 264 Å². The van der Waals surface area contributed by atoms with Gasteiger partial charge in [0, 0.05) is 75.0 Å². The molecule has 9 aliphatic carbocycles. The molecule has 6 saturated carbocycles. The number of carbonyl (C=O) groups is 3. The minimum atomic E-state index is -4.68. The monoisotopic (exact) mass is 1980 g/mol. The molecule has 21 rings (SSSR count). The zero-order chi connectivity index (χ0) is 96.0. The molecule has 42 heteroatoms. The molecule has 0 radical (unpaired) electrons. The average molecular weight is 1980 g/mol. The van der Waals surface area contributed by atoms with Crippen molar-refractivity contribution in [2.75, 3.05) is 6.54 Å². The molecule has 0 saturated heterocycles. The van der Waals surface area contributed by atoms with Crippen LogP contribution in [0.25, 0.3) is 35.3 Å². The molecule has 8 aromatic heterocycles. The molecule has 0 aliphatic heterocycles. The van der Waals surface area contributed by atoms with Crippen molar-refractivity contribution in [3.8, 4) is 17.1 Å². The molecule has 0 spiro atoms. The van der Waals surface area contributed by atoms with Gasteiger partial charge in [0.15, 0.2) is 25.9 Å². The number of hydrogen-bond acceptors (Lipinski definition) is 16. The number of aryl methyl sites for hydroxylation is 2. The summed E-state index contributed by atoms with van der Waals surface area (Å²) in [6, 6.07) is 24.1. The van der Waals surface area contributed by atoms with Gasteiger partial charge in [0.2, 0.25) is 11.6 Å². The van der Waals surface area contributed by atoms with Crippen LogP contribution in [0.5, 0.6) is 0 Å². The van der Waals surface area contributed by atoms with Gasteiger partial charge in [-0.1, -0.05) is 28.9 Å². The average Bonchev–Trinajstić information content (AvgIpc) is 1.50. The Morgan fingerprint density at radius 3 is 1.24 bits per heavy atom. The number of Topliss-reactive ketones (excluding diaryl/α,β-unsaturated/α-hetero) is 3. The number of allylic oxidation sites excluding steroid dienone is 3. The smallest absolute Gasteiger partial charge is 0.293 e. The summed E-state index contributed by atoms with van der Waals surface area (Å²) in [7, 11) is -5.91. The Bertz CT molecular complexity index is 7150. The van der Waals surface area contributed by atoms with Gasteiger partial charge in [0.05, 0.1) is 127 Å². The number of rotatable bonds is 23. The Kier molecular flexibility index (Phi) is 24.0.